The second-order valence-electron chi connectivity index (χ2n) is 6.34. The molecule has 7 heteroatoms. The van der Waals surface area contributed by atoms with Crippen LogP contribution in [0.5, 0.6) is 0 Å². The molecule has 1 fully saturated rings. The molecule has 0 radical (unpaired) electrons. The number of amides is 1. The Bertz CT molecular complexity index is 873. The maximum absolute atomic E-state index is 14.0. The van der Waals surface area contributed by atoms with Gasteiger partial charge in [-0.15, -0.1) is 0 Å². The van der Waals surface area contributed by atoms with Crippen molar-refractivity contribution in [1.29, 1.82) is 5.26 Å². The average Bonchev–Trinajstić information content (AvgIpc) is 3.44. The fourth-order valence-corrected chi connectivity index (χ4v) is 2.86. The molecule has 3 rings (SSSR count). The number of rotatable bonds is 5. The molecule has 2 aromatic rings. The lowest BCUT2D eigenvalue weighted by molar-refractivity contribution is -0.121. The molecule has 0 unspecified atom stereocenters. The van der Waals surface area contributed by atoms with Crippen LogP contribution in [0.1, 0.15) is 30.4 Å². The number of carbonyl (C=O) groups is 1. The van der Waals surface area contributed by atoms with Gasteiger partial charge in [-0.25, -0.2) is 17.6 Å². The standard InChI is InChI=1S/C19H14F4N2O/c20-13-12(10-24)14(21)16(23)17(15(13)22)25-18(26)19(8-9-19)7-6-11-4-2-1-3-5-11/h1-5H,6-9H2,(H,25,26). The van der Waals surface area contributed by atoms with Gasteiger partial charge in [-0.2, -0.15) is 5.26 Å². The van der Waals surface area contributed by atoms with Gasteiger partial charge in [0.15, 0.2) is 23.3 Å². The van der Waals surface area contributed by atoms with Crippen molar-refractivity contribution in [3.63, 3.8) is 0 Å². The summed E-state index contributed by atoms with van der Waals surface area (Å²) >= 11 is 0. The lowest BCUT2D eigenvalue weighted by Gasteiger charge is -2.17. The predicted molar refractivity (Wildman–Crippen MR) is 86.0 cm³/mol. The average molecular weight is 362 g/mol. The van der Waals surface area contributed by atoms with Crippen molar-refractivity contribution in [2.75, 3.05) is 5.32 Å². The van der Waals surface area contributed by atoms with Gasteiger partial charge in [0.05, 0.1) is 0 Å². The number of nitriles is 1. The van der Waals surface area contributed by atoms with Crippen LogP contribution in [0.3, 0.4) is 0 Å². The second kappa shape index (κ2) is 6.79. The Morgan fingerprint density at radius 1 is 1.04 bits per heavy atom. The first kappa shape index (κ1) is 17.9. The number of carbonyl (C=O) groups excluding carboxylic acids is 1. The van der Waals surface area contributed by atoms with Gasteiger partial charge in [0, 0.05) is 5.41 Å². The lowest BCUT2D eigenvalue weighted by Crippen LogP contribution is -2.26. The molecule has 0 bridgehead atoms. The minimum Gasteiger partial charge on any atom is -0.321 e. The number of aryl methyl sites for hydroxylation is 1. The Morgan fingerprint density at radius 2 is 1.62 bits per heavy atom. The van der Waals surface area contributed by atoms with E-state index < -0.39 is 45.8 Å². The van der Waals surface area contributed by atoms with Gasteiger partial charge in [0.1, 0.15) is 17.3 Å². The van der Waals surface area contributed by atoms with Gasteiger partial charge in [-0.3, -0.25) is 4.79 Å². The Balaban J connectivity index is 1.79. The van der Waals surface area contributed by atoms with E-state index in [0.717, 1.165) is 11.6 Å². The summed E-state index contributed by atoms with van der Waals surface area (Å²) in [6, 6.07) is 10.5. The Morgan fingerprint density at radius 3 is 2.12 bits per heavy atom. The van der Waals surface area contributed by atoms with Crippen LogP contribution in [0.25, 0.3) is 0 Å². The van der Waals surface area contributed by atoms with Gasteiger partial charge in [0.2, 0.25) is 5.91 Å². The summed E-state index contributed by atoms with van der Waals surface area (Å²) < 4.78 is 55.3. The molecule has 1 N–H and O–H groups in total. The Labute approximate surface area is 147 Å². The third kappa shape index (κ3) is 3.15. The molecule has 1 amide bonds. The minimum atomic E-state index is -1.82. The zero-order chi connectivity index (χ0) is 18.9. The van der Waals surface area contributed by atoms with E-state index in [2.05, 4.69) is 0 Å². The molecular weight excluding hydrogens is 348 g/mol. The molecule has 3 nitrogen and oxygen atoms in total. The largest absolute Gasteiger partial charge is 0.321 e. The van der Waals surface area contributed by atoms with E-state index in [4.69, 9.17) is 5.26 Å². The summed E-state index contributed by atoms with van der Waals surface area (Å²) in [6.45, 7) is 0. The third-order valence-electron chi connectivity index (χ3n) is 4.68. The normalized spacial score (nSPS) is 14.6. The minimum absolute atomic E-state index is 0.452. The zero-order valence-corrected chi connectivity index (χ0v) is 13.6. The monoisotopic (exact) mass is 362 g/mol. The SMILES string of the molecule is N#Cc1c(F)c(F)c(NC(=O)C2(CCc3ccccc3)CC2)c(F)c1F. The first-order valence-electron chi connectivity index (χ1n) is 8.01. The van der Waals surface area contributed by atoms with E-state index in [1.807, 2.05) is 35.6 Å². The molecule has 0 aromatic heterocycles. The van der Waals surface area contributed by atoms with Crippen molar-refractivity contribution in [1.82, 2.24) is 0 Å². The molecule has 0 heterocycles. The van der Waals surface area contributed by atoms with Crippen molar-refractivity contribution in [2.24, 2.45) is 5.41 Å². The Hall–Kier alpha value is -2.88. The van der Waals surface area contributed by atoms with Crippen LogP contribution in [0.15, 0.2) is 30.3 Å². The summed E-state index contributed by atoms with van der Waals surface area (Å²) in [5.74, 6) is -7.90. The van der Waals surface area contributed by atoms with Crippen LogP contribution in [0, 0.1) is 40.0 Å². The van der Waals surface area contributed by atoms with Crippen LogP contribution in [-0.2, 0) is 11.2 Å². The van der Waals surface area contributed by atoms with E-state index in [1.54, 1.807) is 0 Å². The summed E-state index contributed by atoms with van der Waals surface area (Å²) in [7, 11) is 0. The van der Waals surface area contributed by atoms with E-state index >= 15 is 0 Å². The third-order valence-corrected chi connectivity index (χ3v) is 4.68. The molecule has 26 heavy (non-hydrogen) atoms. The molecule has 1 aliphatic carbocycles. The number of hydrogen-bond acceptors (Lipinski definition) is 2. The van der Waals surface area contributed by atoms with Crippen LogP contribution < -0.4 is 5.32 Å². The summed E-state index contributed by atoms with van der Waals surface area (Å²) in [6.07, 6.45) is 2.09. The number of benzene rings is 2. The number of hydrogen-bond donors (Lipinski definition) is 1. The fraction of sp³-hybridized carbons (Fsp3) is 0.263. The van der Waals surface area contributed by atoms with Crippen LogP contribution in [0.2, 0.25) is 0 Å². The number of nitrogens with one attached hydrogen (secondary N) is 1. The first-order valence-corrected chi connectivity index (χ1v) is 8.01. The van der Waals surface area contributed by atoms with Gasteiger partial charge in [-0.1, -0.05) is 30.3 Å². The predicted octanol–water partition coefficient (Wildman–Crippen LogP) is 4.47. The van der Waals surface area contributed by atoms with Crippen molar-refractivity contribution in [3.05, 3.63) is 64.7 Å². The van der Waals surface area contributed by atoms with Gasteiger partial charge in [-0.05, 0) is 31.2 Å². The highest BCUT2D eigenvalue weighted by molar-refractivity contribution is 5.97. The fourth-order valence-electron chi connectivity index (χ4n) is 2.86. The summed E-state index contributed by atoms with van der Waals surface area (Å²) in [5.41, 5.74) is -2.35. The Kier molecular flexibility index (Phi) is 4.68. The molecule has 0 saturated heterocycles. The highest BCUT2D eigenvalue weighted by atomic mass is 19.2. The van der Waals surface area contributed by atoms with Crippen molar-refractivity contribution >= 4 is 11.6 Å². The molecule has 1 saturated carbocycles. The zero-order valence-electron chi connectivity index (χ0n) is 13.6. The van der Waals surface area contributed by atoms with E-state index in [0.29, 0.717) is 25.7 Å². The molecular formula is C19H14F4N2O. The highest BCUT2D eigenvalue weighted by Gasteiger charge is 2.49. The number of halogens is 4. The van der Waals surface area contributed by atoms with Crippen LogP contribution >= 0.6 is 0 Å². The molecule has 0 atom stereocenters. The van der Waals surface area contributed by atoms with Gasteiger partial charge in [0.25, 0.3) is 0 Å². The van der Waals surface area contributed by atoms with Crippen molar-refractivity contribution in [2.45, 2.75) is 25.7 Å². The second-order valence-corrected chi connectivity index (χ2v) is 6.34. The smallest absolute Gasteiger partial charge is 0.230 e. The van der Waals surface area contributed by atoms with E-state index in [-0.39, 0.29) is 0 Å². The number of anilines is 1. The number of nitrogens with zero attached hydrogens (tertiary/aromatic N) is 1. The van der Waals surface area contributed by atoms with E-state index in [1.165, 1.54) is 0 Å². The van der Waals surface area contributed by atoms with Gasteiger partial charge < -0.3 is 5.32 Å². The topological polar surface area (TPSA) is 52.9 Å². The maximum atomic E-state index is 14.0. The summed E-state index contributed by atoms with van der Waals surface area (Å²) in [4.78, 5) is 12.4. The van der Waals surface area contributed by atoms with E-state index in [9.17, 15) is 22.4 Å². The quantitative estimate of drug-likeness (QED) is 0.630. The maximum Gasteiger partial charge on any atom is 0.230 e. The molecule has 2 aromatic carbocycles. The molecule has 0 spiro atoms. The molecule has 1 aliphatic rings. The van der Waals surface area contributed by atoms with Gasteiger partial charge >= 0.3 is 0 Å². The van der Waals surface area contributed by atoms with Crippen molar-refractivity contribution < 1.29 is 22.4 Å². The van der Waals surface area contributed by atoms with Crippen molar-refractivity contribution in [3.8, 4) is 6.07 Å². The molecule has 134 valence electrons. The summed E-state index contributed by atoms with van der Waals surface area (Å²) in [5, 5.41) is 10.6. The first-order chi connectivity index (χ1) is 12.4. The highest BCUT2D eigenvalue weighted by Crippen LogP contribution is 2.50. The lowest BCUT2D eigenvalue weighted by atomic mass is 9.95. The van der Waals surface area contributed by atoms with Crippen LogP contribution in [-0.4, -0.2) is 5.91 Å². The molecule has 0 aliphatic heterocycles. The van der Waals surface area contributed by atoms with Crippen LogP contribution in [0.4, 0.5) is 23.2 Å².